The number of alkyl halides is 3. The highest BCUT2D eigenvalue weighted by Gasteiger charge is 2.31. The average molecular weight is 360 g/mol. The van der Waals surface area contributed by atoms with E-state index >= 15 is 0 Å². The molecule has 0 aliphatic carbocycles. The molecular formula is C18H11F3N2O3. The van der Waals surface area contributed by atoms with Gasteiger partial charge in [-0.1, -0.05) is 12.1 Å². The van der Waals surface area contributed by atoms with Gasteiger partial charge in [-0.15, -0.1) is 13.2 Å². The second-order valence-corrected chi connectivity index (χ2v) is 5.22. The molecule has 0 fully saturated rings. The van der Waals surface area contributed by atoms with E-state index in [0.717, 1.165) is 0 Å². The molecule has 8 heteroatoms. The van der Waals surface area contributed by atoms with Gasteiger partial charge in [-0.2, -0.15) is 0 Å². The number of halogens is 3. The zero-order chi connectivity index (χ0) is 18.7. The number of carbonyl (C=O) groups is 1. The minimum Gasteiger partial charge on any atom is -0.478 e. The van der Waals surface area contributed by atoms with Crippen LogP contribution in [-0.4, -0.2) is 27.4 Å². The molecule has 0 aliphatic rings. The van der Waals surface area contributed by atoms with E-state index in [1.165, 1.54) is 42.6 Å². The van der Waals surface area contributed by atoms with E-state index in [1.807, 2.05) is 0 Å². The number of hydrogen-bond acceptors (Lipinski definition) is 4. The van der Waals surface area contributed by atoms with Gasteiger partial charge in [0.1, 0.15) is 5.75 Å². The molecule has 0 unspecified atom stereocenters. The highest BCUT2D eigenvalue weighted by atomic mass is 19.4. The minimum atomic E-state index is -4.75. The molecule has 0 saturated carbocycles. The molecule has 0 atom stereocenters. The van der Waals surface area contributed by atoms with E-state index in [4.69, 9.17) is 5.11 Å². The van der Waals surface area contributed by atoms with E-state index in [-0.39, 0.29) is 11.3 Å². The van der Waals surface area contributed by atoms with Gasteiger partial charge < -0.3 is 9.84 Å². The topological polar surface area (TPSA) is 72.3 Å². The first kappa shape index (κ1) is 17.4. The molecule has 0 amide bonds. The van der Waals surface area contributed by atoms with Gasteiger partial charge in [-0.05, 0) is 42.5 Å². The maximum atomic E-state index is 12.2. The molecule has 0 radical (unpaired) electrons. The number of hydrogen-bond donors (Lipinski definition) is 1. The lowest BCUT2D eigenvalue weighted by molar-refractivity contribution is -0.274. The third-order valence-electron chi connectivity index (χ3n) is 3.43. The smallest absolute Gasteiger partial charge is 0.478 e. The Morgan fingerprint density at radius 1 is 0.923 bits per heavy atom. The molecule has 3 aromatic rings. The summed E-state index contributed by atoms with van der Waals surface area (Å²) in [6, 6.07) is 13.0. The molecule has 5 nitrogen and oxygen atoms in total. The van der Waals surface area contributed by atoms with Crippen molar-refractivity contribution >= 4 is 5.97 Å². The largest absolute Gasteiger partial charge is 0.573 e. The van der Waals surface area contributed by atoms with Crippen molar-refractivity contribution in [2.24, 2.45) is 0 Å². The molecular weight excluding hydrogens is 349 g/mol. The predicted molar refractivity (Wildman–Crippen MR) is 86.5 cm³/mol. The van der Waals surface area contributed by atoms with Gasteiger partial charge in [0.25, 0.3) is 0 Å². The molecule has 1 heterocycles. The van der Waals surface area contributed by atoms with Gasteiger partial charge in [0, 0.05) is 17.3 Å². The Hall–Kier alpha value is -3.42. The number of carboxylic acid groups (broad SMARTS) is 1. The van der Waals surface area contributed by atoms with Gasteiger partial charge >= 0.3 is 12.3 Å². The zero-order valence-corrected chi connectivity index (χ0v) is 13.1. The Labute approximate surface area is 145 Å². The summed E-state index contributed by atoms with van der Waals surface area (Å²) in [4.78, 5) is 19.4. The summed E-state index contributed by atoms with van der Waals surface area (Å²) >= 11 is 0. The zero-order valence-electron chi connectivity index (χ0n) is 13.1. The van der Waals surface area contributed by atoms with Gasteiger partial charge in [0.05, 0.1) is 11.3 Å². The third kappa shape index (κ3) is 4.15. The van der Waals surface area contributed by atoms with Crippen LogP contribution >= 0.6 is 0 Å². The van der Waals surface area contributed by atoms with E-state index in [9.17, 15) is 18.0 Å². The molecule has 3 rings (SSSR count). The monoisotopic (exact) mass is 360 g/mol. The Morgan fingerprint density at radius 3 is 2.12 bits per heavy atom. The van der Waals surface area contributed by atoms with Crippen molar-refractivity contribution in [2.75, 3.05) is 0 Å². The number of carboxylic acids is 1. The summed E-state index contributed by atoms with van der Waals surface area (Å²) < 4.78 is 40.4. The fourth-order valence-electron chi connectivity index (χ4n) is 2.25. The van der Waals surface area contributed by atoms with Crippen LogP contribution in [0.25, 0.3) is 22.6 Å². The van der Waals surface area contributed by atoms with Crippen molar-refractivity contribution < 1.29 is 27.8 Å². The SMILES string of the molecule is O=C(O)c1ccc(-c2ccnc(-c3ccc(OC(F)(F)F)cc3)n2)cc1. The second kappa shape index (κ2) is 6.83. The maximum absolute atomic E-state index is 12.2. The van der Waals surface area contributed by atoms with Crippen molar-refractivity contribution in [3.63, 3.8) is 0 Å². The number of aromatic carboxylic acids is 1. The maximum Gasteiger partial charge on any atom is 0.573 e. The molecule has 0 spiro atoms. The van der Waals surface area contributed by atoms with Crippen molar-refractivity contribution in [1.82, 2.24) is 9.97 Å². The first-order chi connectivity index (χ1) is 12.3. The van der Waals surface area contributed by atoms with Gasteiger partial charge in [0.2, 0.25) is 0 Å². The summed E-state index contributed by atoms with van der Waals surface area (Å²) in [6.45, 7) is 0. The molecule has 0 bridgehead atoms. The van der Waals surface area contributed by atoms with Crippen LogP contribution in [0, 0.1) is 0 Å². The summed E-state index contributed by atoms with van der Waals surface area (Å²) in [5.74, 6) is -1.04. The summed E-state index contributed by atoms with van der Waals surface area (Å²) in [7, 11) is 0. The summed E-state index contributed by atoms with van der Waals surface area (Å²) in [6.07, 6.45) is -3.23. The normalized spacial score (nSPS) is 11.2. The van der Waals surface area contributed by atoms with Crippen LogP contribution in [0.4, 0.5) is 13.2 Å². The predicted octanol–water partition coefficient (Wildman–Crippen LogP) is 4.41. The molecule has 1 N–H and O–H groups in total. The van der Waals surface area contributed by atoms with Crippen molar-refractivity contribution in [1.29, 1.82) is 0 Å². The number of ether oxygens (including phenoxy) is 1. The number of rotatable bonds is 4. The van der Waals surface area contributed by atoms with Crippen LogP contribution in [0.1, 0.15) is 10.4 Å². The Bertz CT molecular complexity index is 924. The lowest BCUT2D eigenvalue weighted by Crippen LogP contribution is -2.16. The van der Waals surface area contributed by atoms with Gasteiger partial charge in [0.15, 0.2) is 5.82 Å². The van der Waals surface area contributed by atoms with E-state index in [2.05, 4.69) is 14.7 Å². The van der Waals surface area contributed by atoms with E-state index in [1.54, 1.807) is 18.2 Å². The van der Waals surface area contributed by atoms with Crippen molar-refractivity contribution in [3.05, 3.63) is 66.4 Å². The van der Waals surface area contributed by atoms with Gasteiger partial charge in [-0.3, -0.25) is 0 Å². The van der Waals surface area contributed by atoms with E-state index in [0.29, 0.717) is 22.6 Å². The Balaban J connectivity index is 1.86. The van der Waals surface area contributed by atoms with Gasteiger partial charge in [-0.25, -0.2) is 14.8 Å². The lowest BCUT2D eigenvalue weighted by Gasteiger charge is -2.09. The highest BCUT2D eigenvalue weighted by molar-refractivity contribution is 5.88. The van der Waals surface area contributed by atoms with Crippen LogP contribution in [0.5, 0.6) is 5.75 Å². The van der Waals surface area contributed by atoms with Crippen LogP contribution in [0.2, 0.25) is 0 Å². The average Bonchev–Trinajstić information content (AvgIpc) is 2.61. The van der Waals surface area contributed by atoms with Crippen LogP contribution in [0.15, 0.2) is 60.8 Å². The summed E-state index contributed by atoms with van der Waals surface area (Å²) in [5, 5.41) is 8.93. The van der Waals surface area contributed by atoms with E-state index < -0.39 is 12.3 Å². The Kier molecular flexibility index (Phi) is 4.57. The third-order valence-corrected chi connectivity index (χ3v) is 3.43. The molecule has 132 valence electrons. The first-order valence-electron chi connectivity index (χ1n) is 7.35. The van der Waals surface area contributed by atoms with Crippen LogP contribution < -0.4 is 4.74 Å². The molecule has 26 heavy (non-hydrogen) atoms. The minimum absolute atomic E-state index is 0.156. The standard InChI is InChI=1S/C18H11F3N2O3/c19-18(20,21)26-14-7-5-12(6-8-14)16-22-10-9-15(23-16)11-1-3-13(4-2-11)17(24)25/h1-10H,(H,24,25). The van der Waals surface area contributed by atoms with Crippen molar-refractivity contribution in [3.8, 4) is 28.4 Å². The first-order valence-corrected chi connectivity index (χ1v) is 7.35. The molecule has 2 aromatic carbocycles. The lowest BCUT2D eigenvalue weighted by atomic mass is 10.1. The molecule has 0 aliphatic heterocycles. The fourth-order valence-corrected chi connectivity index (χ4v) is 2.25. The quantitative estimate of drug-likeness (QED) is 0.746. The van der Waals surface area contributed by atoms with Crippen LogP contribution in [0.3, 0.4) is 0 Å². The summed E-state index contributed by atoms with van der Waals surface area (Å²) in [5.41, 5.74) is 1.92. The Morgan fingerprint density at radius 2 is 1.54 bits per heavy atom. The highest BCUT2D eigenvalue weighted by Crippen LogP contribution is 2.26. The molecule has 0 saturated heterocycles. The van der Waals surface area contributed by atoms with Crippen LogP contribution in [-0.2, 0) is 0 Å². The number of benzene rings is 2. The van der Waals surface area contributed by atoms with Crippen molar-refractivity contribution in [2.45, 2.75) is 6.36 Å². The molecule has 1 aromatic heterocycles. The number of nitrogens with zero attached hydrogens (tertiary/aromatic N) is 2. The second-order valence-electron chi connectivity index (χ2n) is 5.22. The fraction of sp³-hybridized carbons (Fsp3) is 0.0556. The number of aromatic nitrogens is 2.